The molecule has 4 rings (SSSR count). The molecule has 0 heterocycles. The van der Waals surface area contributed by atoms with Gasteiger partial charge in [-0.15, -0.1) is 0 Å². The average Bonchev–Trinajstić information content (AvgIpc) is 3.11. The van der Waals surface area contributed by atoms with E-state index in [1.165, 1.54) is 18.2 Å². The number of alkyl carbamates (subject to hydrolysis) is 1. The van der Waals surface area contributed by atoms with Gasteiger partial charge >= 0.3 is 12.3 Å². The fourth-order valence-electron chi connectivity index (χ4n) is 4.08. The van der Waals surface area contributed by atoms with Crippen molar-refractivity contribution in [3.05, 3.63) is 95.1 Å². The van der Waals surface area contributed by atoms with Crippen LogP contribution in [0.15, 0.2) is 72.8 Å². The third kappa shape index (κ3) is 5.03. The number of carbonyl (C=O) groups is 1. The molecule has 3 aromatic rings. The van der Waals surface area contributed by atoms with Crippen LogP contribution in [0.2, 0.25) is 0 Å². The summed E-state index contributed by atoms with van der Waals surface area (Å²) in [6.07, 6.45) is -1.75. The highest BCUT2D eigenvalue weighted by Gasteiger charge is 2.33. The Bertz CT molecular complexity index is 1140. The summed E-state index contributed by atoms with van der Waals surface area (Å²) in [7, 11) is 0. The van der Waals surface area contributed by atoms with E-state index in [2.05, 4.69) is 17.4 Å². The van der Waals surface area contributed by atoms with Crippen LogP contribution in [0.3, 0.4) is 0 Å². The monoisotopic (exact) mass is 452 g/mol. The first kappa shape index (κ1) is 22.5. The molecule has 0 saturated carbocycles. The van der Waals surface area contributed by atoms with Gasteiger partial charge in [-0.3, -0.25) is 0 Å². The molecule has 0 unspecified atom stereocenters. The van der Waals surface area contributed by atoms with Crippen molar-refractivity contribution >= 4 is 17.9 Å². The first-order chi connectivity index (χ1) is 15.8. The van der Waals surface area contributed by atoms with E-state index in [1.807, 2.05) is 36.4 Å². The molecule has 170 valence electrons. The van der Waals surface area contributed by atoms with E-state index < -0.39 is 17.8 Å². The molecular formula is C26H23F3N2O2. The van der Waals surface area contributed by atoms with E-state index in [9.17, 15) is 18.0 Å². The average molecular weight is 452 g/mol. The number of fused-ring (bicyclic) bond motifs is 3. The Morgan fingerprint density at radius 2 is 1.64 bits per heavy atom. The van der Waals surface area contributed by atoms with Gasteiger partial charge < -0.3 is 15.8 Å². The highest BCUT2D eigenvalue weighted by atomic mass is 19.4. The highest BCUT2D eigenvalue weighted by molar-refractivity contribution is 5.79. The minimum Gasteiger partial charge on any atom is -0.449 e. The molecule has 0 spiro atoms. The molecule has 0 aliphatic heterocycles. The number of alkyl halides is 3. The Kier molecular flexibility index (Phi) is 6.40. The van der Waals surface area contributed by atoms with Crippen molar-refractivity contribution < 1.29 is 22.7 Å². The van der Waals surface area contributed by atoms with Crippen LogP contribution in [0.5, 0.6) is 0 Å². The van der Waals surface area contributed by atoms with Crippen molar-refractivity contribution in [2.24, 2.45) is 0 Å². The van der Waals surface area contributed by atoms with Crippen molar-refractivity contribution in [2.45, 2.75) is 18.5 Å². The number of nitrogen functional groups attached to an aromatic ring is 1. The Labute approximate surface area is 189 Å². The van der Waals surface area contributed by atoms with Crippen molar-refractivity contribution in [3.63, 3.8) is 0 Å². The number of carbonyl (C=O) groups excluding carboxylic acids is 1. The summed E-state index contributed by atoms with van der Waals surface area (Å²) < 4.78 is 44.9. The fraction of sp³-hybridized carbons (Fsp3) is 0.192. The number of ether oxygens (including phenoxy) is 1. The maximum Gasteiger partial charge on any atom is 0.417 e. The standard InChI is InChI=1S/C26H23F3N2O2/c27-26(28,29)24-15-18(30)13-12-17(24)7-5-6-14-31-25(32)33-16-23-21-10-3-1-8-19(21)20-9-2-4-11-22(20)23/h1-5,7-13,15,23H,6,14,16,30H2,(H,31,32). The number of nitrogens with one attached hydrogen (secondary N) is 1. The zero-order valence-corrected chi connectivity index (χ0v) is 17.7. The fourth-order valence-corrected chi connectivity index (χ4v) is 4.08. The molecular weight excluding hydrogens is 429 g/mol. The van der Waals surface area contributed by atoms with E-state index in [-0.39, 0.29) is 30.3 Å². The quantitative estimate of drug-likeness (QED) is 0.344. The highest BCUT2D eigenvalue weighted by Crippen LogP contribution is 2.44. The van der Waals surface area contributed by atoms with Crippen LogP contribution < -0.4 is 11.1 Å². The molecule has 0 atom stereocenters. The number of anilines is 1. The number of rotatable bonds is 6. The SMILES string of the molecule is Nc1ccc(C=CCCNC(=O)OCC2c3ccccc3-c3ccccc32)c(C(F)(F)F)c1. The van der Waals surface area contributed by atoms with Crippen molar-refractivity contribution in [1.29, 1.82) is 0 Å². The van der Waals surface area contributed by atoms with Crippen molar-refractivity contribution in [3.8, 4) is 11.1 Å². The molecule has 33 heavy (non-hydrogen) atoms. The van der Waals surface area contributed by atoms with Gasteiger partial charge in [0, 0.05) is 18.2 Å². The van der Waals surface area contributed by atoms with E-state index >= 15 is 0 Å². The molecule has 7 heteroatoms. The van der Waals surface area contributed by atoms with Crippen LogP contribution in [-0.4, -0.2) is 19.2 Å². The van der Waals surface area contributed by atoms with Crippen molar-refractivity contribution in [2.75, 3.05) is 18.9 Å². The third-order valence-corrected chi connectivity index (χ3v) is 5.60. The van der Waals surface area contributed by atoms with Gasteiger partial charge in [0.2, 0.25) is 0 Å². The molecule has 0 saturated heterocycles. The van der Waals surface area contributed by atoms with E-state index in [4.69, 9.17) is 10.5 Å². The molecule has 1 amide bonds. The molecule has 4 nitrogen and oxygen atoms in total. The molecule has 0 aromatic heterocycles. The molecule has 0 fully saturated rings. The van der Waals surface area contributed by atoms with Crippen LogP contribution in [0.25, 0.3) is 17.2 Å². The van der Waals surface area contributed by atoms with E-state index in [0.717, 1.165) is 28.3 Å². The zero-order valence-electron chi connectivity index (χ0n) is 17.7. The number of hydrogen-bond acceptors (Lipinski definition) is 3. The Morgan fingerprint density at radius 1 is 1.00 bits per heavy atom. The first-order valence-electron chi connectivity index (χ1n) is 10.6. The van der Waals surface area contributed by atoms with Crippen LogP contribution in [0, 0.1) is 0 Å². The molecule has 0 bridgehead atoms. The maximum absolute atomic E-state index is 13.1. The molecule has 0 radical (unpaired) electrons. The summed E-state index contributed by atoms with van der Waals surface area (Å²) in [4.78, 5) is 12.2. The van der Waals surface area contributed by atoms with Gasteiger partial charge in [-0.05, 0) is 46.4 Å². The number of benzene rings is 3. The van der Waals surface area contributed by atoms with Gasteiger partial charge in [0.25, 0.3) is 0 Å². The van der Waals surface area contributed by atoms with E-state index in [1.54, 1.807) is 6.08 Å². The summed E-state index contributed by atoms with van der Waals surface area (Å²) in [6.45, 7) is 0.444. The van der Waals surface area contributed by atoms with Gasteiger partial charge in [-0.2, -0.15) is 13.2 Å². The number of halogens is 3. The van der Waals surface area contributed by atoms with Gasteiger partial charge in [0.1, 0.15) is 6.61 Å². The van der Waals surface area contributed by atoms with Crippen LogP contribution >= 0.6 is 0 Å². The minimum absolute atomic E-state index is 0.0258. The lowest BCUT2D eigenvalue weighted by atomic mass is 9.98. The molecule has 3 N–H and O–H groups in total. The topological polar surface area (TPSA) is 64.3 Å². The maximum atomic E-state index is 13.1. The van der Waals surface area contributed by atoms with Gasteiger partial charge in [0.15, 0.2) is 0 Å². The Balaban J connectivity index is 1.29. The third-order valence-electron chi connectivity index (χ3n) is 5.60. The predicted molar refractivity (Wildman–Crippen MR) is 123 cm³/mol. The Morgan fingerprint density at radius 3 is 2.27 bits per heavy atom. The summed E-state index contributed by atoms with van der Waals surface area (Å²) >= 11 is 0. The zero-order chi connectivity index (χ0) is 23.4. The Hall–Kier alpha value is -3.74. The molecule has 3 aromatic carbocycles. The predicted octanol–water partition coefficient (Wildman–Crippen LogP) is 6.23. The largest absolute Gasteiger partial charge is 0.449 e. The number of hydrogen-bond donors (Lipinski definition) is 2. The van der Waals surface area contributed by atoms with Gasteiger partial charge in [0.05, 0.1) is 5.56 Å². The summed E-state index contributed by atoms with van der Waals surface area (Å²) in [5, 5.41) is 2.64. The van der Waals surface area contributed by atoms with Gasteiger partial charge in [-0.1, -0.05) is 66.7 Å². The second-order valence-electron chi connectivity index (χ2n) is 7.79. The normalized spacial score (nSPS) is 13.1. The second kappa shape index (κ2) is 9.40. The summed E-state index contributed by atoms with van der Waals surface area (Å²) in [6, 6.07) is 19.8. The van der Waals surface area contributed by atoms with Crippen LogP contribution in [0.1, 0.15) is 34.6 Å². The molecule has 1 aliphatic carbocycles. The van der Waals surface area contributed by atoms with Crippen LogP contribution in [0.4, 0.5) is 23.7 Å². The lowest BCUT2D eigenvalue weighted by Gasteiger charge is -2.14. The lowest BCUT2D eigenvalue weighted by Crippen LogP contribution is -2.26. The summed E-state index contributed by atoms with van der Waals surface area (Å²) in [5.41, 5.74) is 9.30. The van der Waals surface area contributed by atoms with Crippen LogP contribution in [-0.2, 0) is 10.9 Å². The first-order valence-corrected chi connectivity index (χ1v) is 10.6. The van der Waals surface area contributed by atoms with Gasteiger partial charge in [-0.25, -0.2) is 4.79 Å². The minimum atomic E-state index is -4.49. The van der Waals surface area contributed by atoms with Crippen molar-refractivity contribution in [1.82, 2.24) is 5.32 Å². The smallest absolute Gasteiger partial charge is 0.417 e. The second-order valence-corrected chi connectivity index (χ2v) is 7.79. The number of nitrogens with two attached hydrogens (primary N) is 1. The molecule has 1 aliphatic rings. The lowest BCUT2D eigenvalue weighted by molar-refractivity contribution is -0.137. The summed E-state index contributed by atoms with van der Waals surface area (Å²) in [5.74, 6) is -0.0330. The van der Waals surface area contributed by atoms with E-state index in [0.29, 0.717) is 6.42 Å². The number of amides is 1.